The molecule has 4 rings (SSSR count). The lowest BCUT2D eigenvalue weighted by Crippen LogP contribution is -2.40. The zero-order valence-corrected chi connectivity index (χ0v) is 16.5. The number of ether oxygens (including phenoxy) is 1. The van der Waals surface area contributed by atoms with Crippen LogP contribution in [0.3, 0.4) is 0 Å². The Hall–Kier alpha value is -3.16. The highest BCUT2D eigenvalue weighted by Gasteiger charge is 2.24. The van der Waals surface area contributed by atoms with E-state index in [1.54, 1.807) is 25.5 Å². The molecule has 0 atom stereocenters. The second kappa shape index (κ2) is 8.06. The van der Waals surface area contributed by atoms with Gasteiger partial charge in [0.15, 0.2) is 0 Å². The van der Waals surface area contributed by atoms with Crippen LogP contribution in [0.5, 0.6) is 5.75 Å². The molecule has 1 saturated heterocycles. The van der Waals surface area contributed by atoms with Gasteiger partial charge in [-0.2, -0.15) is 0 Å². The number of amides is 3. The van der Waals surface area contributed by atoms with Gasteiger partial charge in [0.05, 0.1) is 6.20 Å². The molecule has 2 aliphatic rings. The van der Waals surface area contributed by atoms with Gasteiger partial charge < -0.3 is 15.4 Å². The zero-order chi connectivity index (χ0) is 20.4. The predicted octanol–water partition coefficient (Wildman–Crippen LogP) is 2.36. The number of urea groups is 1. The Bertz CT molecular complexity index is 924. The Morgan fingerprint density at radius 2 is 1.86 bits per heavy atom. The Kier molecular flexibility index (Phi) is 5.33. The molecule has 0 aliphatic carbocycles. The van der Waals surface area contributed by atoms with E-state index in [0.29, 0.717) is 18.1 Å². The molecule has 8 heteroatoms. The fourth-order valence-corrected chi connectivity index (χ4v) is 3.96. The van der Waals surface area contributed by atoms with Crippen molar-refractivity contribution in [2.24, 2.45) is 5.73 Å². The lowest BCUT2D eigenvalue weighted by molar-refractivity contribution is -0.130. The molecule has 2 aromatic rings. The van der Waals surface area contributed by atoms with E-state index >= 15 is 0 Å². The third-order valence-electron chi connectivity index (χ3n) is 5.53. The molecule has 29 heavy (non-hydrogen) atoms. The minimum Gasteiger partial charge on any atom is -0.489 e. The van der Waals surface area contributed by atoms with Crippen molar-refractivity contribution in [1.82, 2.24) is 14.9 Å². The minimum absolute atomic E-state index is 0.0773. The van der Waals surface area contributed by atoms with Crippen LogP contribution in [0.15, 0.2) is 30.7 Å². The molecule has 2 N–H and O–H groups in total. The van der Waals surface area contributed by atoms with E-state index in [9.17, 15) is 9.59 Å². The van der Waals surface area contributed by atoms with Crippen molar-refractivity contribution in [3.63, 3.8) is 0 Å². The van der Waals surface area contributed by atoms with Gasteiger partial charge in [0.2, 0.25) is 5.91 Å². The molecular weight excluding hydrogens is 370 g/mol. The standard InChI is InChI=1S/C21H25N5O3/c1-14(27)25-7-4-18(5-8-25)29-19-10-17(11-23-13-19)16-9-15-3-2-6-26(21(22)28)20(15)24-12-16/h9-13,18H,2-8H2,1H3,(H2,22,28). The van der Waals surface area contributed by atoms with Gasteiger partial charge in [0, 0.05) is 62.9 Å². The molecular formula is C21H25N5O3. The van der Waals surface area contributed by atoms with E-state index in [2.05, 4.69) is 9.97 Å². The average molecular weight is 395 g/mol. The maximum absolute atomic E-state index is 11.6. The van der Waals surface area contributed by atoms with E-state index in [1.165, 1.54) is 4.90 Å². The van der Waals surface area contributed by atoms with Crippen molar-refractivity contribution in [1.29, 1.82) is 0 Å². The van der Waals surface area contributed by atoms with Crippen LogP contribution < -0.4 is 15.4 Å². The topological polar surface area (TPSA) is 102 Å². The molecule has 0 unspecified atom stereocenters. The molecule has 8 nitrogen and oxygen atoms in total. The molecule has 0 spiro atoms. The lowest BCUT2D eigenvalue weighted by Gasteiger charge is -2.31. The molecule has 1 fully saturated rings. The maximum atomic E-state index is 11.6. The smallest absolute Gasteiger partial charge is 0.320 e. The highest BCUT2D eigenvalue weighted by atomic mass is 16.5. The Balaban J connectivity index is 1.49. The van der Waals surface area contributed by atoms with Crippen LogP contribution in [-0.2, 0) is 11.2 Å². The van der Waals surface area contributed by atoms with E-state index in [4.69, 9.17) is 10.5 Å². The Morgan fingerprint density at radius 1 is 1.10 bits per heavy atom. The van der Waals surface area contributed by atoms with Crippen LogP contribution in [0, 0.1) is 0 Å². The number of rotatable bonds is 3. The first-order valence-corrected chi connectivity index (χ1v) is 9.95. The highest BCUT2D eigenvalue weighted by molar-refractivity contribution is 5.91. The largest absolute Gasteiger partial charge is 0.489 e. The number of fused-ring (bicyclic) bond motifs is 1. The van der Waals surface area contributed by atoms with Gasteiger partial charge in [0.1, 0.15) is 17.7 Å². The number of anilines is 1. The number of hydrogen-bond donors (Lipinski definition) is 1. The van der Waals surface area contributed by atoms with Crippen LogP contribution in [0.25, 0.3) is 11.1 Å². The first-order chi connectivity index (χ1) is 14.0. The van der Waals surface area contributed by atoms with Gasteiger partial charge >= 0.3 is 6.03 Å². The number of carbonyl (C=O) groups is 2. The van der Waals surface area contributed by atoms with Crippen molar-refractivity contribution in [2.75, 3.05) is 24.5 Å². The van der Waals surface area contributed by atoms with Crippen molar-refractivity contribution < 1.29 is 14.3 Å². The number of aryl methyl sites for hydroxylation is 1. The third kappa shape index (κ3) is 4.16. The minimum atomic E-state index is -0.473. The summed E-state index contributed by atoms with van der Waals surface area (Å²) in [6.07, 6.45) is 8.66. The second-order valence-electron chi connectivity index (χ2n) is 7.53. The molecule has 2 aliphatic heterocycles. The molecule has 4 heterocycles. The SMILES string of the molecule is CC(=O)N1CCC(Oc2cncc(-c3cnc4c(c3)CCCN4C(N)=O)c2)CC1. The summed E-state index contributed by atoms with van der Waals surface area (Å²) in [6, 6.07) is 3.53. The summed E-state index contributed by atoms with van der Waals surface area (Å²) in [7, 11) is 0. The first kappa shape index (κ1) is 19.2. The van der Waals surface area contributed by atoms with Gasteiger partial charge in [-0.05, 0) is 30.5 Å². The molecule has 2 aromatic heterocycles. The molecule has 0 saturated carbocycles. The monoisotopic (exact) mass is 395 g/mol. The molecule has 0 radical (unpaired) electrons. The summed E-state index contributed by atoms with van der Waals surface area (Å²) in [4.78, 5) is 35.3. The Morgan fingerprint density at radius 3 is 2.59 bits per heavy atom. The summed E-state index contributed by atoms with van der Waals surface area (Å²) in [6.45, 7) is 3.64. The van der Waals surface area contributed by atoms with Gasteiger partial charge in [-0.3, -0.25) is 14.7 Å². The normalized spacial score (nSPS) is 17.0. The Labute approximate surface area is 169 Å². The van der Waals surface area contributed by atoms with Crippen LogP contribution in [0.2, 0.25) is 0 Å². The maximum Gasteiger partial charge on any atom is 0.320 e. The van der Waals surface area contributed by atoms with E-state index < -0.39 is 6.03 Å². The predicted molar refractivity (Wildman–Crippen MR) is 109 cm³/mol. The van der Waals surface area contributed by atoms with E-state index in [1.807, 2.05) is 17.0 Å². The summed E-state index contributed by atoms with van der Waals surface area (Å²) < 4.78 is 6.12. The number of primary amides is 1. The summed E-state index contributed by atoms with van der Waals surface area (Å²) in [5.41, 5.74) is 8.32. The van der Waals surface area contributed by atoms with Crippen LogP contribution in [0.4, 0.5) is 10.6 Å². The van der Waals surface area contributed by atoms with Gasteiger partial charge in [-0.15, -0.1) is 0 Å². The van der Waals surface area contributed by atoms with Gasteiger partial charge in [-0.25, -0.2) is 9.78 Å². The lowest BCUT2D eigenvalue weighted by atomic mass is 10.0. The highest BCUT2D eigenvalue weighted by Crippen LogP contribution is 2.30. The molecule has 0 aromatic carbocycles. The van der Waals surface area contributed by atoms with Crippen molar-refractivity contribution in [3.8, 4) is 16.9 Å². The van der Waals surface area contributed by atoms with Crippen molar-refractivity contribution >= 4 is 17.8 Å². The van der Waals surface area contributed by atoms with Crippen molar-refractivity contribution in [3.05, 3.63) is 36.3 Å². The molecule has 0 bridgehead atoms. The van der Waals surface area contributed by atoms with Crippen LogP contribution in [-0.4, -0.2) is 52.5 Å². The molecule has 152 valence electrons. The number of likely N-dealkylation sites (tertiary alicyclic amines) is 1. The summed E-state index contributed by atoms with van der Waals surface area (Å²) in [5, 5.41) is 0. The fourth-order valence-electron chi connectivity index (χ4n) is 3.96. The van der Waals surface area contributed by atoms with Gasteiger partial charge in [-0.1, -0.05) is 0 Å². The van der Waals surface area contributed by atoms with Crippen molar-refractivity contribution in [2.45, 2.75) is 38.7 Å². The zero-order valence-electron chi connectivity index (χ0n) is 16.5. The first-order valence-electron chi connectivity index (χ1n) is 9.95. The molecule has 3 amide bonds. The number of piperidine rings is 1. The van der Waals surface area contributed by atoms with E-state index in [-0.39, 0.29) is 12.0 Å². The number of carbonyl (C=O) groups excluding carboxylic acids is 2. The third-order valence-corrected chi connectivity index (χ3v) is 5.53. The average Bonchev–Trinajstić information content (AvgIpc) is 2.73. The summed E-state index contributed by atoms with van der Waals surface area (Å²) in [5.74, 6) is 1.47. The van der Waals surface area contributed by atoms with E-state index in [0.717, 1.165) is 55.5 Å². The number of aromatic nitrogens is 2. The quantitative estimate of drug-likeness (QED) is 0.860. The van der Waals surface area contributed by atoms with Crippen LogP contribution >= 0.6 is 0 Å². The number of hydrogen-bond acceptors (Lipinski definition) is 5. The fraction of sp³-hybridized carbons (Fsp3) is 0.429. The van der Waals surface area contributed by atoms with Crippen LogP contribution in [0.1, 0.15) is 31.7 Å². The van der Waals surface area contributed by atoms with Gasteiger partial charge in [0.25, 0.3) is 0 Å². The number of pyridine rings is 2. The second-order valence-corrected chi connectivity index (χ2v) is 7.53. The summed E-state index contributed by atoms with van der Waals surface area (Å²) >= 11 is 0. The number of nitrogens with two attached hydrogens (primary N) is 1. The number of nitrogens with zero attached hydrogens (tertiary/aromatic N) is 4.